The van der Waals surface area contributed by atoms with Crippen molar-refractivity contribution in [3.63, 3.8) is 0 Å². The zero-order valence-electron chi connectivity index (χ0n) is 11.7. The lowest BCUT2D eigenvalue weighted by Crippen LogP contribution is -1.95. The van der Waals surface area contributed by atoms with E-state index in [0.29, 0.717) is 22.9 Å². The van der Waals surface area contributed by atoms with Crippen LogP contribution in [0.2, 0.25) is 0 Å². The maximum atomic E-state index is 10.5. The van der Waals surface area contributed by atoms with Crippen LogP contribution < -0.4 is 9.47 Å². The summed E-state index contributed by atoms with van der Waals surface area (Å²) >= 11 is 0. The van der Waals surface area contributed by atoms with E-state index in [1.54, 1.807) is 31.5 Å². The number of aryl methyl sites for hydroxylation is 1. The first-order valence-corrected chi connectivity index (χ1v) is 6.28. The molecule has 0 radical (unpaired) electrons. The molecule has 2 rings (SSSR count). The van der Waals surface area contributed by atoms with E-state index in [4.69, 9.17) is 14.6 Å². The van der Waals surface area contributed by atoms with Gasteiger partial charge in [0.2, 0.25) is 5.88 Å². The van der Waals surface area contributed by atoms with Crippen LogP contribution in [0.3, 0.4) is 0 Å². The van der Waals surface area contributed by atoms with Crippen LogP contribution in [-0.2, 0) is 4.79 Å². The number of carboxylic acid groups (broad SMARTS) is 1. The molecule has 0 saturated heterocycles. The Hall–Kier alpha value is -2.82. The van der Waals surface area contributed by atoms with Crippen molar-refractivity contribution >= 4 is 12.0 Å². The first-order valence-electron chi connectivity index (χ1n) is 6.28. The number of nitrogens with zero attached hydrogens (tertiary/aromatic N) is 1. The van der Waals surface area contributed by atoms with E-state index in [-0.39, 0.29) is 0 Å². The van der Waals surface area contributed by atoms with Crippen molar-refractivity contribution in [2.45, 2.75) is 6.92 Å². The van der Waals surface area contributed by atoms with Crippen LogP contribution in [0.4, 0.5) is 0 Å². The number of carbonyl (C=O) groups is 1. The molecular formula is C16H15NO4. The highest BCUT2D eigenvalue weighted by molar-refractivity contribution is 5.85. The molecule has 0 bridgehead atoms. The SMILES string of the molecule is COc1ccccc1Oc1ncc(/C=C/C(=O)O)cc1C. The molecule has 0 fully saturated rings. The molecule has 5 nitrogen and oxygen atoms in total. The summed E-state index contributed by atoms with van der Waals surface area (Å²) in [6.45, 7) is 1.84. The quantitative estimate of drug-likeness (QED) is 0.854. The largest absolute Gasteiger partial charge is 0.493 e. The molecule has 1 aromatic heterocycles. The van der Waals surface area contributed by atoms with Gasteiger partial charge in [0.05, 0.1) is 7.11 Å². The van der Waals surface area contributed by atoms with Crippen LogP contribution in [0.15, 0.2) is 42.6 Å². The number of methoxy groups -OCH3 is 1. The monoisotopic (exact) mass is 285 g/mol. The molecule has 1 aromatic carbocycles. The van der Waals surface area contributed by atoms with Crippen LogP contribution in [0.1, 0.15) is 11.1 Å². The predicted octanol–water partition coefficient (Wildman–Crippen LogP) is 3.29. The molecule has 0 aliphatic carbocycles. The van der Waals surface area contributed by atoms with Gasteiger partial charge in [-0.05, 0) is 36.8 Å². The smallest absolute Gasteiger partial charge is 0.328 e. The Balaban J connectivity index is 2.23. The van der Waals surface area contributed by atoms with Crippen LogP contribution in [0, 0.1) is 6.92 Å². The van der Waals surface area contributed by atoms with E-state index in [9.17, 15) is 4.79 Å². The Bertz CT molecular complexity index is 680. The van der Waals surface area contributed by atoms with Gasteiger partial charge in [0.1, 0.15) is 0 Å². The van der Waals surface area contributed by atoms with Crippen LogP contribution in [0.5, 0.6) is 17.4 Å². The Morgan fingerprint density at radius 2 is 2.00 bits per heavy atom. The molecule has 0 aliphatic heterocycles. The third-order valence-electron chi connectivity index (χ3n) is 2.75. The van der Waals surface area contributed by atoms with E-state index in [1.165, 1.54) is 6.08 Å². The van der Waals surface area contributed by atoms with E-state index in [2.05, 4.69) is 4.98 Å². The number of pyridine rings is 1. The van der Waals surface area contributed by atoms with E-state index in [1.807, 2.05) is 19.1 Å². The molecule has 5 heteroatoms. The number of carboxylic acids is 1. The Morgan fingerprint density at radius 1 is 1.29 bits per heavy atom. The summed E-state index contributed by atoms with van der Waals surface area (Å²) in [5, 5.41) is 8.61. The Morgan fingerprint density at radius 3 is 2.62 bits per heavy atom. The lowest BCUT2D eigenvalue weighted by molar-refractivity contribution is -0.131. The first kappa shape index (κ1) is 14.6. The summed E-state index contributed by atoms with van der Waals surface area (Å²) in [7, 11) is 1.57. The number of ether oxygens (including phenoxy) is 2. The summed E-state index contributed by atoms with van der Waals surface area (Å²) in [5.41, 5.74) is 1.50. The van der Waals surface area contributed by atoms with Gasteiger partial charge in [-0.3, -0.25) is 0 Å². The van der Waals surface area contributed by atoms with Crippen molar-refractivity contribution < 1.29 is 19.4 Å². The average Bonchev–Trinajstić information content (AvgIpc) is 2.48. The summed E-state index contributed by atoms with van der Waals surface area (Å²) in [5.74, 6) is 0.645. The fourth-order valence-corrected chi connectivity index (χ4v) is 1.76. The number of aliphatic carboxylic acids is 1. The van der Waals surface area contributed by atoms with Crippen molar-refractivity contribution in [3.8, 4) is 17.4 Å². The van der Waals surface area contributed by atoms with Crippen molar-refractivity contribution in [3.05, 3.63) is 53.7 Å². The van der Waals surface area contributed by atoms with Gasteiger partial charge in [-0.15, -0.1) is 0 Å². The van der Waals surface area contributed by atoms with Crippen molar-refractivity contribution in [1.29, 1.82) is 0 Å². The number of aromatic nitrogens is 1. The zero-order valence-corrected chi connectivity index (χ0v) is 11.7. The first-order chi connectivity index (χ1) is 10.1. The normalized spacial score (nSPS) is 10.6. The number of hydrogen-bond donors (Lipinski definition) is 1. The molecule has 1 N–H and O–H groups in total. The summed E-state index contributed by atoms with van der Waals surface area (Å²) < 4.78 is 11.0. The fourth-order valence-electron chi connectivity index (χ4n) is 1.76. The summed E-state index contributed by atoms with van der Waals surface area (Å²) in [4.78, 5) is 14.7. The van der Waals surface area contributed by atoms with Gasteiger partial charge in [-0.2, -0.15) is 0 Å². The molecular weight excluding hydrogens is 270 g/mol. The van der Waals surface area contributed by atoms with Gasteiger partial charge in [-0.1, -0.05) is 12.1 Å². The Kier molecular flexibility index (Phi) is 4.56. The number of para-hydroxylation sites is 2. The van der Waals surface area contributed by atoms with Crippen LogP contribution in [-0.4, -0.2) is 23.2 Å². The van der Waals surface area contributed by atoms with Crippen LogP contribution in [0.25, 0.3) is 6.08 Å². The fraction of sp³-hybridized carbons (Fsp3) is 0.125. The molecule has 0 amide bonds. The minimum Gasteiger partial charge on any atom is -0.493 e. The maximum absolute atomic E-state index is 10.5. The molecule has 21 heavy (non-hydrogen) atoms. The lowest BCUT2D eigenvalue weighted by atomic mass is 10.2. The molecule has 0 unspecified atom stereocenters. The molecule has 0 aliphatic rings. The summed E-state index contributed by atoms with van der Waals surface area (Å²) in [6.07, 6.45) is 4.10. The highest BCUT2D eigenvalue weighted by Gasteiger charge is 2.08. The van der Waals surface area contributed by atoms with Crippen molar-refractivity contribution in [2.75, 3.05) is 7.11 Å². The molecule has 0 saturated carbocycles. The second-order valence-electron chi connectivity index (χ2n) is 4.32. The van der Waals surface area contributed by atoms with Crippen molar-refractivity contribution in [1.82, 2.24) is 4.98 Å². The average molecular weight is 285 g/mol. The molecule has 2 aromatic rings. The number of rotatable bonds is 5. The molecule has 0 spiro atoms. The van der Waals surface area contributed by atoms with Gasteiger partial charge < -0.3 is 14.6 Å². The molecule has 108 valence electrons. The predicted molar refractivity (Wildman–Crippen MR) is 78.7 cm³/mol. The van der Waals surface area contributed by atoms with E-state index < -0.39 is 5.97 Å². The minimum absolute atomic E-state index is 0.451. The molecule has 0 atom stereocenters. The lowest BCUT2D eigenvalue weighted by Gasteiger charge is -2.11. The van der Waals surface area contributed by atoms with Gasteiger partial charge in [0.15, 0.2) is 11.5 Å². The third kappa shape index (κ3) is 3.82. The van der Waals surface area contributed by atoms with Gasteiger partial charge in [0, 0.05) is 17.8 Å². The maximum Gasteiger partial charge on any atom is 0.328 e. The zero-order chi connectivity index (χ0) is 15.2. The van der Waals surface area contributed by atoms with Crippen LogP contribution >= 0.6 is 0 Å². The standard InChI is InChI=1S/C16H15NO4/c1-11-9-12(7-8-15(18)19)10-17-16(11)21-14-6-4-3-5-13(14)20-2/h3-10H,1-2H3,(H,18,19)/b8-7+. The van der Waals surface area contributed by atoms with Gasteiger partial charge >= 0.3 is 5.97 Å². The number of benzene rings is 1. The second kappa shape index (κ2) is 6.56. The minimum atomic E-state index is -0.998. The van der Waals surface area contributed by atoms with Crippen molar-refractivity contribution in [2.24, 2.45) is 0 Å². The third-order valence-corrected chi connectivity index (χ3v) is 2.75. The number of hydrogen-bond acceptors (Lipinski definition) is 4. The molecule has 1 heterocycles. The van der Waals surface area contributed by atoms with Gasteiger partial charge in [-0.25, -0.2) is 9.78 Å². The highest BCUT2D eigenvalue weighted by atomic mass is 16.5. The second-order valence-corrected chi connectivity index (χ2v) is 4.32. The topological polar surface area (TPSA) is 68.7 Å². The van der Waals surface area contributed by atoms with E-state index in [0.717, 1.165) is 11.6 Å². The van der Waals surface area contributed by atoms with E-state index >= 15 is 0 Å². The highest BCUT2D eigenvalue weighted by Crippen LogP contribution is 2.31. The Labute approximate surface area is 122 Å². The summed E-state index contributed by atoms with van der Waals surface area (Å²) in [6, 6.07) is 9.09. The van der Waals surface area contributed by atoms with Gasteiger partial charge in [0.25, 0.3) is 0 Å².